The van der Waals surface area contributed by atoms with Gasteiger partial charge in [0.15, 0.2) is 0 Å². The average Bonchev–Trinajstić information content (AvgIpc) is 2.44. The lowest BCUT2D eigenvalue weighted by Crippen LogP contribution is -2.24. The molecule has 0 N–H and O–H groups in total. The van der Waals surface area contributed by atoms with Crippen LogP contribution in [0, 0.1) is 5.92 Å². The molecule has 0 bridgehead atoms. The van der Waals surface area contributed by atoms with E-state index in [1.807, 2.05) is 20.8 Å². The quantitative estimate of drug-likeness (QED) is 0.636. The summed E-state index contributed by atoms with van der Waals surface area (Å²) in [5, 5.41) is 0. The van der Waals surface area contributed by atoms with Crippen LogP contribution in [0.25, 0.3) is 0 Å². The Morgan fingerprint density at radius 1 is 0.909 bits per heavy atom. The normalized spacial score (nSPS) is 16.3. The highest BCUT2D eigenvalue weighted by Crippen LogP contribution is 2.25. The SMILES string of the molecule is CC(C)(C)OC(=O)CCC(=O)CCCC(=O)C1CCCCC1. The second-order valence-electron chi connectivity index (χ2n) is 7.28. The summed E-state index contributed by atoms with van der Waals surface area (Å²) >= 11 is 0. The van der Waals surface area contributed by atoms with Crippen LogP contribution in [0.5, 0.6) is 0 Å². The summed E-state index contributed by atoms with van der Waals surface area (Å²) in [5.74, 6) is 0.256. The Labute approximate surface area is 134 Å². The smallest absolute Gasteiger partial charge is 0.306 e. The zero-order valence-electron chi connectivity index (χ0n) is 14.3. The van der Waals surface area contributed by atoms with E-state index in [1.165, 1.54) is 6.42 Å². The van der Waals surface area contributed by atoms with Crippen LogP contribution >= 0.6 is 0 Å². The van der Waals surface area contributed by atoms with Gasteiger partial charge < -0.3 is 4.74 Å². The molecular weight excluding hydrogens is 280 g/mol. The minimum absolute atomic E-state index is 0.0438. The first-order valence-electron chi connectivity index (χ1n) is 8.54. The van der Waals surface area contributed by atoms with Gasteiger partial charge in [-0.25, -0.2) is 0 Å². The number of hydrogen-bond acceptors (Lipinski definition) is 4. The van der Waals surface area contributed by atoms with Gasteiger partial charge in [-0.1, -0.05) is 19.3 Å². The Morgan fingerprint density at radius 3 is 2.14 bits per heavy atom. The lowest BCUT2D eigenvalue weighted by Gasteiger charge is -2.20. The molecule has 0 aliphatic heterocycles. The molecule has 4 heteroatoms. The summed E-state index contributed by atoms with van der Waals surface area (Å²) in [4.78, 5) is 35.3. The monoisotopic (exact) mass is 310 g/mol. The highest BCUT2D eigenvalue weighted by atomic mass is 16.6. The van der Waals surface area contributed by atoms with E-state index in [1.54, 1.807) is 0 Å². The molecule has 0 aromatic rings. The van der Waals surface area contributed by atoms with E-state index >= 15 is 0 Å². The highest BCUT2D eigenvalue weighted by molar-refractivity contribution is 5.84. The molecule has 0 heterocycles. The lowest BCUT2D eigenvalue weighted by atomic mass is 9.84. The Bertz CT molecular complexity index is 386. The van der Waals surface area contributed by atoms with Crippen LogP contribution < -0.4 is 0 Å². The molecule has 22 heavy (non-hydrogen) atoms. The van der Waals surface area contributed by atoms with Crippen LogP contribution in [0.4, 0.5) is 0 Å². The molecule has 1 fully saturated rings. The van der Waals surface area contributed by atoms with Crippen LogP contribution in [0.2, 0.25) is 0 Å². The minimum Gasteiger partial charge on any atom is -0.460 e. The fourth-order valence-corrected chi connectivity index (χ4v) is 2.85. The van der Waals surface area contributed by atoms with Crippen molar-refractivity contribution in [3.63, 3.8) is 0 Å². The van der Waals surface area contributed by atoms with Gasteiger partial charge in [0, 0.05) is 25.2 Å². The lowest BCUT2D eigenvalue weighted by molar-refractivity contribution is -0.155. The molecule has 1 aliphatic rings. The number of ketones is 2. The van der Waals surface area contributed by atoms with Gasteiger partial charge in [0.05, 0.1) is 6.42 Å². The maximum Gasteiger partial charge on any atom is 0.306 e. The number of carbonyl (C=O) groups is 3. The Balaban J connectivity index is 2.12. The number of rotatable bonds is 8. The van der Waals surface area contributed by atoms with Gasteiger partial charge in [-0.2, -0.15) is 0 Å². The van der Waals surface area contributed by atoms with E-state index < -0.39 is 5.60 Å². The standard InChI is InChI=1S/C18H30O4/c1-18(2,3)22-17(21)13-12-15(19)10-7-11-16(20)14-8-5-4-6-9-14/h14H,4-13H2,1-3H3. The van der Waals surface area contributed by atoms with Gasteiger partial charge in [-0.3, -0.25) is 14.4 Å². The zero-order valence-corrected chi connectivity index (χ0v) is 14.3. The molecule has 126 valence electrons. The fourth-order valence-electron chi connectivity index (χ4n) is 2.85. The van der Waals surface area contributed by atoms with E-state index in [4.69, 9.17) is 4.74 Å². The van der Waals surface area contributed by atoms with Crippen molar-refractivity contribution in [2.24, 2.45) is 5.92 Å². The van der Waals surface area contributed by atoms with Crippen molar-refractivity contribution in [3.05, 3.63) is 0 Å². The third-order valence-corrected chi connectivity index (χ3v) is 3.97. The van der Waals surface area contributed by atoms with Crippen LogP contribution in [-0.2, 0) is 19.1 Å². The molecule has 1 aliphatic carbocycles. The number of ether oxygens (including phenoxy) is 1. The number of hydrogen-bond donors (Lipinski definition) is 0. The Hall–Kier alpha value is -1.19. The molecule has 0 amide bonds. The van der Waals surface area contributed by atoms with Crippen molar-refractivity contribution in [3.8, 4) is 0 Å². The molecule has 0 spiro atoms. The number of Topliss-reactive ketones (excluding diaryl/α,β-unsaturated/α-hetero) is 2. The van der Waals surface area contributed by atoms with Crippen molar-refractivity contribution in [2.45, 2.75) is 90.6 Å². The predicted octanol–water partition coefficient (Wildman–Crippen LogP) is 4.00. The summed E-state index contributed by atoms with van der Waals surface area (Å²) < 4.78 is 5.16. The second kappa shape index (κ2) is 9.06. The van der Waals surface area contributed by atoms with Crippen molar-refractivity contribution in [1.29, 1.82) is 0 Å². The topological polar surface area (TPSA) is 60.4 Å². The van der Waals surface area contributed by atoms with Crippen molar-refractivity contribution in [2.75, 3.05) is 0 Å². The predicted molar refractivity (Wildman–Crippen MR) is 85.5 cm³/mol. The molecule has 4 nitrogen and oxygen atoms in total. The van der Waals surface area contributed by atoms with Gasteiger partial charge >= 0.3 is 5.97 Å². The fraction of sp³-hybridized carbons (Fsp3) is 0.833. The van der Waals surface area contributed by atoms with Gasteiger partial charge in [0.1, 0.15) is 17.2 Å². The van der Waals surface area contributed by atoms with Crippen LogP contribution in [0.3, 0.4) is 0 Å². The molecule has 0 saturated heterocycles. The van der Waals surface area contributed by atoms with Gasteiger partial charge in [-0.05, 0) is 40.0 Å². The summed E-state index contributed by atoms with van der Waals surface area (Å²) in [6.07, 6.45) is 7.45. The largest absolute Gasteiger partial charge is 0.460 e. The van der Waals surface area contributed by atoms with E-state index in [0.717, 1.165) is 25.7 Å². The number of esters is 1. The zero-order chi connectivity index (χ0) is 16.6. The third kappa shape index (κ3) is 8.30. The molecule has 1 rings (SSSR count). The van der Waals surface area contributed by atoms with Gasteiger partial charge in [-0.15, -0.1) is 0 Å². The van der Waals surface area contributed by atoms with Crippen LogP contribution in [-0.4, -0.2) is 23.1 Å². The number of carbonyl (C=O) groups excluding carboxylic acids is 3. The second-order valence-corrected chi connectivity index (χ2v) is 7.28. The van der Waals surface area contributed by atoms with Crippen molar-refractivity contribution in [1.82, 2.24) is 0 Å². The molecule has 0 aromatic heterocycles. The maximum atomic E-state index is 12.0. The van der Waals surface area contributed by atoms with Gasteiger partial charge in [0.25, 0.3) is 0 Å². The van der Waals surface area contributed by atoms with E-state index in [2.05, 4.69) is 0 Å². The summed E-state index contributed by atoms with van der Waals surface area (Å²) in [6, 6.07) is 0. The van der Waals surface area contributed by atoms with Crippen LogP contribution in [0.15, 0.2) is 0 Å². The summed E-state index contributed by atoms with van der Waals surface area (Å²) in [5.41, 5.74) is -0.507. The molecule has 0 aromatic carbocycles. The van der Waals surface area contributed by atoms with E-state index in [-0.39, 0.29) is 30.5 Å². The average molecular weight is 310 g/mol. The first-order valence-corrected chi connectivity index (χ1v) is 8.54. The Morgan fingerprint density at radius 2 is 1.55 bits per heavy atom. The van der Waals surface area contributed by atoms with Gasteiger partial charge in [0.2, 0.25) is 0 Å². The van der Waals surface area contributed by atoms with Crippen LogP contribution in [0.1, 0.15) is 85.0 Å². The first-order chi connectivity index (χ1) is 10.3. The van der Waals surface area contributed by atoms with E-state index in [9.17, 15) is 14.4 Å². The molecule has 0 atom stereocenters. The third-order valence-electron chi connectivity index (χ3n) is 3.97. The summed E-state index contributed by atoms with van der Waals surface area (Å²) in [7, 11) is 0. The molecule has 0 radical (unpaired) electrons. The Kier molecular flexibility index (Phi) is 7.77. The van der Waals surface area contributed by atoms with E-state index in [0.29, 0.717) is 25.0 Å². The summed E-state index contributed by atoms with van der Waals surface area (Å²) in [6.45, 7) is 5.43. The molecule has 1 saturated carbocycles. The van der Waals surface area contributed by atoms with Crippen molar-refractivity contribution < 1.29 is 19.1 Å². The highest BCUT2D eigenvalue weighted by Gasteiger charge is 2.21. The molecular formula is C18H30O4. The van der Waals surface area contributed by atoms with Crippen molar-refractivity contribution >= 4 is 17.5 Å². The first kappa shape index (κ1) is 18.9. The molecule has 0 unspecified atom stereocenters. The minimum atomic E-state index is -0.507. The maximum absolute atomic E-state index is 12.0.